The molecule has 4 rings (SSSR count). The molecular weight excluding hydrogens is 412 g/mol. The number of methoxy groups -OCH3 is 1. The quantitative estimate of drug-likeness (QED) is 0.524. The molecule has 2 aromatic carbocycles. The molecule has 0 fully saturated rings. The van der Waals surface area contributed by atoms with Gasteiger partial charge in [-0.3, -0.25) is 14.2 Å². The minimum Gasteiger partial charge on any atom is -0.493 e. The Balaban J connectivity index is 1.80. The summed E-state index contributed by atoms with van der Waals surface area (Å²) in [6.45, 7) is 0.421. The SMILES string of the molecule is COc1ccc2cc1OCC(=O)NCc1cc(C(=O)NCCCO)cc(c1)-n1ccnc1-2. The van der Waals surface area contributed by atoms with Gasteiger partial charge in [0.15, 0.2) is 18.1 Å². The van der Waals surface area contributed by atoms with E-state index in [0.717, 1.165) is 16.8 Å². The Bertz CT molecular complexity index is 1140. The zero-order valence-corrected chi connectivity index (χ0v) is 17.6. The molecule has 0 unspecified atom stereocenters. The molecule has 166 valence electrons. The average molecular weight is 436 g/mol. The molecule has 1 aromatic heterocycles. The standard InChI is InChI=1S/C23H24N4O5/c1-31-19-4-3-16-12-20(19)32-14-21(29)26-13-15-9-17(23(30)25-5-2-8-28)11-18(10-15)27-7-6-24-22(16)27/h3-4,6-7,9-12,28H,2,5,8,13-14H2,1H3,(H,25,30)(H,26,29). The summed E-state index contributed by atoms with van der Waals surface area (Å²) < 4.78 is 12.9. The first-order chi connectivity index (χ1) is 15.6. The predicted octanol–water partition coefficient (Wildman–Crippen LogP) is 1.67. The first-order valence-electron chi connectivity index (χ1n) is 10.2. The molecule has 1 aliphatic heterocycles. The number of benzene rings is 2. The number of amides is 2. The first kappa shape index (κ1) is 21.4. The number of aliphatic hydroxyl groups excluding tert-OH is 1. The molecule has 9 heteroatoms. The van der Waals surface area contributed by atoms with Crippen LogP contribution in [0.3, 0.4) is 0 Å². The normalized spacial score (nSPS) is 12.9. The maximum Gasteiger partial charge on any atom is 0.258 e. The lowest BCUT2D eigenvalue weighted by Crippen LogP contribution is -2.29. The van der Waals surface area contributed by atoms with E-state index in [0.29, 0.717) is 35.9 Å². The van der Waals surface area contributed by atoms with Crippen LogP contribution in [0.25, 0.3) is 17.1 Å². The smallest absolute Gasteiger partial charge is 0.258 e. The highest BCUT2D eigenvalue weighted by atomic mass is 16.5. The van der Waals surface area contributed by atoms with Crippen molar-refractivity contribution in [3.8, 4) is 28.6 Å². The van der Waals surface area contributed by atoms with Gasteiger partial charge in [-0.1, -0.05) is 0 Å². The number of hydrogen-bond acceptors (Lipinski definition) is 6. The highest BCUT2D eigenvalue weighted by Crippen LogP contribution is 2.33. The number of nitrogens with zero attached hydrogens (tertiary/aromatic N) is 2. The van der Waals surface area contributed by atoms with Gasteiger partial charge in [0, 0.05) is 48.9 Å². The lowest BCUT2D eigenvalue weighted by Gasteiger charge is -2.13. The van der Waals surface area contributed by atoms with Crippen LogP contribution >= 0.6 is 0 Å². The molecule has 0 saturated carbocycles. The number of imidazole rings is 1. The average Bonchev–Trinajstić information content (AvgIpc) is 3.30. The van der Waals surface area contributed by atoms with E-state index < -0.39 is 0 Å². The lowest BCUT2D eigenvalue weighted by atomic mass is 10.1. The number of rotatable bonds is 5. The molecule has 0 spiro atoms. The molecule has 3 aromatic rings. The van der Waals surface area contributed by atoms with Gasteiger partial charge in [0.2, 0.25) is 0 Å². The minimum atomic E-state index is -0.297. The second-order valence-electron chi connectivity index (χ2n) is 7.27. The van der Waals surface area contributed by atoms with Gasteiger partial charge < -0.3 is 25.2 Å². The Hall–Kier alpha value is -3.85. The van der Waals surface area contributed by atoms with Crippen LogP contribution in [0.4, 0.5) is 0 Å². The number of fused-ring (bicyclic) bond motifs is 7. The van der Waals surface area contributed by atoms with Gasteiger partial charge in [-0.2, -0.15) is 0 Å². The van der Waals surface area contributed by atoms with Crippen LogP contribution in [0.2, 0.25) is 0 Å². The molecule has 0 aliphatic carbocycles. The van der Waals surface area contributed by atoms with Crippen LogP contribution in [0.1, 0.15) is 22.3 Å². The van der Waals surface area contributed by atoms with Crippen LogP contribution < -0.4 is 20.1 Å². The summed E-state index contributed by atoms with van der Waals surface area (Å²) in [7, 11) is 1.54. The Morgan fingerprint density at radius 2 is 2.19 bits per heavy atom. The van der Waals surface area contributed by atoms with Crippen molar-refractivity contribution in [3.05, 3.63) is 59.9 Å². The molecule has 9 nitrogen and oxygen atoms in total. The molecule has 2 amide bonds. The highest BCUT2D eigenvalue weighted by Gasteiger charge is 2.17. The van der Waals surface area contributed by atoms with Crippen molar-refractivity contribution in [1.82, 2.24) is 20.2 Å². The van der Waals surface area contributed by atoms with Gasteiger partial charge in [0.25, 0.3) is 11.8 Å². The van der Waals surface area contributed by atoms with Gasteiger partial charge in [-0.15, -0.1) is 0 Å². The van der Waals surface area contributed by atoms with E-state index in [1.54, 1.807) is 30.5 Å². The number of hydrogen-bond donors (Lipinski definition) is 3. The summed E-state index contributed by atoms with van der Waals surface area (Å²) in [6, 6.07) is 10.8. The number of nitrogens with one attached hydrogen (secondary N) is 2. The zero-order chi connectivity index (χ0) is 22.5. The third-order valence-electron chi connectivity index (χ3n) is 5.05. The topological polar surface area (TPSA) is 115 Å². The van der Waals surface area contributed by atoms with Crippen LogP contribution in [0, 0.1) is 0 Å². The second-order valence-corrected chi connectivity index (χ2v) is 7.27. The summed E-state index contributed by atoms with van der Waals surface area (Å²) >= 11 is 0. The van der Waals surface area contributed by atoms with Gasteiger partial charge in [0.05, 0.1) is 7.11 Å². The van der Waals surface area contributed by atoms with E-state index in [9.17, 15) is 9.59 Å². The zero-order valence-electron chi connectivity index (χ0n) is 17.6. The van der Waals surface area contributed by atoms with Crippen molar-refractivity contribution >= 4 is 11.8 Å². The summed E-state index contributed by atoms with van der Waals surface area (Å²) in [4.78, 5) is 29.5. The maximum absolute atomic E-state index is 12.7. The van der Waals surface area contributed by atoms with E-state index in [-0.39, 0.29) is 31.6 Å². The van der Waals surface area contributed by atoms with Crippen LogP contribution in [-0.2, 0) is 11.3 Å². The van der Waals surface area contributed by atoms with Crippen LogP contribution in [0.5, 0.6) is 11.5 Å². The number of carbonyl (C=O) groups excluding carboxylic acids is 2. The highest BCUT2D eigenvalue weighted by molar-refractivity contribution is 5.95. The summed E-state index contributed by atoms with van der Waals surface area (Å²) in [5.41, 5.74) is 2.70. The van der Waals surface area contributed by atoms with Gasteiger partial charge in [-0.05, 0) is 48.4 Å². The second kappa shape index (κ2) is 9.52. The van der Waals surface area contributed by atoms with E-state index in [2.05, 4.69) is 15.6 Å². The van der Waals surface area contributed by atoms with Crippen molar-refractivity contribution in [2.24, 2.45) is 0 Å². The van der Waals surface area contributed by atoms with Crippen LogP contribution in [-0.4, -0.2) is 53.3 Å². The number of ether oxygens (including phenoxy) is 2. The molecule has 0 atom stereocenters. The van der Waals surface area contributed by atoms with Gasteiger partial charge in [0.1, 0.15) is 5.82 Å². The fourth-order valence-electron chi connectivity index (χ4n) is 3.48. The molecular formula is C23H24N4O5. The third-order valence-corrected chi connectivity index (χ3v) is 5.05. The van der Waals surface area contributed by atoms with Crippen molar-refractivity contribution in [3.63, 3.8) is 0 Å². The fraction of sp³-hybridized carbons (Fsp3) is 0.261. The third kappa shape index (κ3) is 4.57. The predicted molar refractivity (Wildman–Crippen MR) is 117 cm³/mol. The van der Waals surface area contributed by atoms with Crippen molar-refractivity contribution in [1.29, 1.82) is 0 Å². The van der Waals surface area contributed by atoms with Gasteiger partial charge >= 0.3 is 0 Å². The van der Waals surface area contributed by atoms with Crippen molar-refractivity contribution in [2.75, 3.05) is 26.9 Å². The number of aromatic nitrogens is 2. The monoisotopic (exact) mass is 436 g/mol. The number of aliphatic hydroxyl groups is 1. The first-order valence-corrected chi connectivity index (χ1v) is 10.2. The fourth-order valence-corrected chi connectivity index (χ4v) is 3.48. The lowest BCUT2D eigenvalue weighted by molar-refractivity contribution is -0.123. The maximum atomic E-state index is 12.7. The molecule has 2 heterocycles. The van der Waals surface area contributed by atoms with E-state index in [4.69, 9.17) is 14.6 Å². The minimum absolute atomic E-state index is 0.00190. The molecule has 4 bridgehead atoms. The Labute approximate surface area is 185 Å². The Morgan fingerprint density at radius 1 is 1.31 bits per heavy atom. The Kier molecular flexibility index (Phi) is 6.37. The van der Waals surface area contributed by atoms with Crippen molar-refractivity contribution in [2.45, 2.75) is 13.0 Å². The van der Waals surface area contributed by atoms with E-state index in [1.165, 1.54) is 7.11 Å². The largest absolute Gasteiger partial charge is 0.493 e. The molecule has 32 heavy (non-hydrogen) atoms. The molecule has 0 radical (unpaired) electrons. The summed E-state index contributed by atoms with van der Waals surface area (Å²) in [5.74, 6) is 1.05. The van der Waals surface area contributed by atoms with Crippen molar-refractivity contribution < 1.29 is 24.2 Å². The Morgan fingerprint density at radius 3 is 3.00 bits per heavy atom. The van der Waals surface area contributed by atoms with E-state index in [1.807, 2.05) is 22.9 Å². The number of carbonyl (C=O) groups is 2. The van der Waals surface area contributed by atoms with Crippen LogP contribution in [0.15, 0.2) is 48.8 Å². The molecule has 0 saturated heterocycles. The molecule has 3 N–H and O–H groups in total. The van der Waals surface area contributed by atoms with E-state index >= 15 is 0 Å². The van der Waals surface area contributed by atoms with Gasteiger partial charge in [-0.25, -0.2) is 4.98 Å². The summed E-state index contributed by atoms with van der Waals surface area (Å²) in [5, 5.41) is 14.6. The molecule has 1 aliphatic rings. The summed E-state index contributed by atoms with van der Waals surface area (Å²) in [6.07, 6.45) is 3.96.